The molecule has 0 unspecified atom stereocenters. The number of halogens is 1. The molecule has 0 saturated heterocycles. The monoisotopic (exact) mass is 524 g/mol. The fourth-order valence-electron chi connectivity index (χ4n) is 3.68. The van der Waals surface area contributed by atoms with E-state index in [1.807, 2.05) is 12.1 Å². The predicted octanol–water partition coefficient (Wildman–Crippen LogP) is 3.03. The van der Waals surface area contributed by atoms with E-state index in [1.54, 1.807) is 36.4 Å². The molecule has 1 heterocycles. The van der Waals surface area contributed by atoms with Crippen LogP contribution in [0.15, 0.2) is 82.1 Å². The first kappa shape index (κ1) is 23.7. The van der Waals surface area contributed by atoms with Crippen LogP contribution in [-0.2, 0) is 12.1 Å². The SMILES string of the molecule is O=c1c2ccccc2nc(CNC[C@](O)(CO)c2ccc([N+](=O)[O-])cc2)n1-c1ccc(Br)cc1. The smallest absolute Gasteiger partial charge is 0.269 e. The summed E-state index contributed by atoms with van der Waals surface area (Å²) in [6.45, 7) is -0.571. The van der Waals surface area contributed by atoms with Crippen molar-refractivity contribution in [2.45, 2.75) is 12.1 Å². The fourth-order valence-corrected chi connectivity index (χ4v) is 3.94. The highest BCUT2D eigenvalue weighted by Gasteiger charge is 2.29. The first-order chi connectivity index (χ1) is 16.3. The van der Waals surface area contributed by atoms with Gasteiger partial charge in [-0.3, -0.25) is 19.5 Å². The van der Waals surface area contributed by atoms with Gasteiger partial charge >= 0.3 is 0 Å². The molecule has 34 heavy (non-hydrogen) atoms. The first-order valence-corrected chi connectivity index (χ1v) is 11.2. The van der Waals surface area contributed by atoms with Crippen molar-refractivity contribution in [1.29, 1.82) is 0 Å². The highest BCUT2D eigenvalue weighted by atomic mass is 79.9. The van der Waals surface area contributed by atoms with Gasteiger partial charge in [0.2, 0.25) is 0 Å². The number of hydrogen-bond donors (Lipinski definition) is 3. The third-order valence-electron chi connectivity index (χ3n) is 5.51. The van der Waals surface area contributed by atoms with Gasteiger partial charge in [0, 0.05) is 23.2 Å². The Morgan fingerprint density at radius 2 is 1.74 bits per heavy atom. The molecule has 10 heteroatoms. The van der Waals surface area contributed by atoms with E-state index in [0.717, 1.165) is 4.47 Å². The van der Waals surface area contributed by atoms with Crippen molar-refractivity contribution < 1.29 is 15.1 Å². The second kappa shape index (κ2) is 9.82. The van der Waals surface area contributed by atoms with Gasteiger partial charge in [-0.15, -0.1) is 0 Å². The molecule has 3 aromatic carbocycles. The Labute approximate surface area is 202 Å². The maximum atomic E-state index is 13.3. The number of nitro benzene ring substituents is 1. The quantitative estimate of drug-likeness (QED) is 0.238. The van der Waals surface area contributed by atoms with Gasteiger partial charge in [-0.1, -0.05) is 28.1 Å². The van der Waals surface area contributed by atoms with Crippen LogP contribution in [0.25, 0.3) is 16.6 Å². The molecule has 0 aliphatic heterocycles. The molecule has 9 nitrogen and oxygen atoms in total. The lowest BCUT2D eigenvalue weighted by molar-refractivity contribution is -0.384. The summed E-state index contributed by atoms with van der Waals surface area (Å²) in [5.74, 6) is 0.426. The Bertz CT molecular complexity index is 1390. The number of nitro groups is 1. The maximum absolute atomic E-state index is 13.3. The summed E-state index contributed by atoms with van der Waals surface area (Å²) < 4.78 is 2.37. The molecule has 0 aliphatic rings. The Kier molecular flexibility index (Phi) is 6.85. The number of aliphatic hydroxyl groups is 2. The average Bonchev–Trinajstić information content (AvgIpc) is 2.85. The number of rotatable bonds is 8. The van der Waals surface area contributed by atoms with Crippen LogP contribution in [0.2, 0.25) is 0 Å². The molecule has 1 atom stereocenters. The van der Waals surface area contributed by atoms with Crippen LogP contribution in [-0.4, -0.2) is 37.8 Å². The minimum Gasteiger partial charge on any atom is -0.393 e. The van der Waals surface area contributed by atoms with Crippen LogP contribution in [0, 0.1) is 10.1 Å². The Morgan fingerprint density at radius 3 is 2.38 bits per heavy atom. The van der Waals surface area contributed by atoms with Crippen molar-refractivity contribution in [2.75, 3.05) is 13.2 Å². The summed E-state index contributed by atoms with van der Waals surface area (Å²) in [5.41, 5.74) is -0.519. The zero-order valence-corrected chi connectivity index (χ0v) is 19.5. The van der Waals surface area contributed by atoms with E-state index >= 15 is 0 Å². The zero-order chi connectivity index (χ0) is 24.3. The van der Waals surface area contributed by atoms with Gasteiger partial charge < -0.3 is 15.5 Å². The molecular formula is C24H21BrN4O5. The number of aliphatic hydroxyl groups excluding tert-OH is 1. The molecule has 4 rings (SSSR count). The Balaban J connectivity index is 1.64. The lowest BCUT2D eigenvalue weighted by Crippen LogP contribution is -2.41. The number of aromatic nitrogens is 2. The fraction of sp³-hybridized carbons (Fsp3) is 0.167. The predicted molar refractivity (Wildman–Crippen MR) is 131 cm³/mol. The van der Waals surface area contributed by atoms with Crippen molar-refractivity contribution in [3.05, 3.63) is 109 Å². The van der Waals surface area contributed by atoms with Gasteiger partial charge in [-0.25, -0.2) is 4.98 Å². The van der Waals surface area contributed by atoms with E-state index in [-0.39, 0.29) is 24.3 Å². The summed E-state index contributed by atoms with van der Waals surface area (Å²) in [6, 6.07) is 19.7. The van der Waals surface area contributed by atoms with Crippen LogP contribution < -0.4 is 10.9 Å². The number of nitrogens with one attached hydrogen (secondary N) is 1. The molecule has 174 valence electrons. The van der Waals surface area contributed by atoms with Crippen molar-refractivity contribution in [3.8, 4) is 5.69 Å². The lowest BCUT2D eigenvalue weighted by atomic mass is 9.94. The van der Waals surface area contributed by atoms with Crippen molar-refractivity contribution in [1.82, 2.24) is 14.9 Å². The molecule has 1 aromatic heterocycles. The summed E-state index contributed by atoms with van der Waals surface area (Å²) in [5, 5.41) is 35.3. The number of benzene rings is 3. The largest absolute Gasteiger partial charge is 0.393 e. The van der Waals surface area contributed by atoms with Gasteiger partial charge in [0.25, 0.3) is 11.2 Å². The molecule has 0 radical (unpaired) electrons. The van der Waals surface area contributed by atoms with Crippen molar-refractivity contribution in [3.63, 3.8) is 0 Å². The summed E-state index contributed by atoms with van der Waals surface area (Å²) >= 11 is 3.40. The number of non-ortho nitro benzene ring substituents is 1. The summed E-state index contributed by atoms with van der Waals surface area (Å²) in [7, 11) is 0. The van der Waals surface area contributed by atoms with Crippen LogP contribution in [0.3, 0.4) is 0 Å². The standard InChI is InChI=1S/C24H21BrN4O5/c25-17-7-11-18(12-8-17)28-22(27-21-4-2-1-3-20(21)23(28)31)13-26-14-24(32,15-30)16-5-9-19(10-6-16)29(33)34/h1-12,26,30,32H,13-15H2/t24-/m0/s1. The van der Waals surface area contributed by atoms with Gasteiger partial charge in [-0.05, 0) is 54.1 Å². The third-order valence-corrected chi connectivity index (χ3v) is 6.04. The average molecular weight is 525 g/mol. The van der Waals surface area contributed by atoms with Crippen LogP contribution >= 0.6 is 15.9 Å². The van der Waals surface area contributed by atoms with E-state index in [2.05, 4.69) is 26.2 Å². The maximum Gasteiger partial charge on any atom is 0.269 e. The van der Waals surface area contributed by atoms with Gasteiger partial charge in [0.05, 0.1) is 34.7 Å². The Hall–Kier alpha value is -3.44. The second-order valence-corrected chi connectivity index (χ2v) is 8.68. The van der Waals surface area contributed by atoms with Crippen molar-refractivity contribution >= 4 is 32.5 Å². The van der Waals surface area contributed by atoms with E-state index < -0.39 is 17.1 Å². The van der Waals surface area contributed by atoms with Gasteiger partial charge in [0.1, 0.15) is 11.4 Å². The third kappa shape index (κ3) is 4.75. The molecule has 0 aliphatic carbocycles. The van der Waals surface area contributed by atoms with E-state index in [9.17, 15) is 25.1 Å². The molecule has 0 amide bonds. The van der Waals surface area contributed by atoms with Gasteiger partial charge in [0.15, 0.2) is 0 Å². The molecule has 0 fully saturated rings. The summed E-state index contributed by atoms with van der Waals surface area (Å²) in [6.07, 6.45) is 0. The van der Waals surface area contributed by atoms with Crippen LogP contribution in [0.4, 0.5) is 5.69 Å². The van der Waals surface area contributed by atoms with Gasteiger partial charge in [-0.2, -0.15) is 0 Å². The van der Waals surface area contributed by atoms with Crippen molar-refractivity contribution in [2.24, 2.45) is 0 Å². The molecular weight excluding hydrogens is 504 g/mol. The summed E-state index contributed by atoms with van der Waals surface area (Å²) in [4.78, 5) is 28.3. The minimum atomic E-state index is -1.69. The molecule has 4 aromatic rings. The number of para-hydroxylation sites is 1. The second-order valence-electron chi connectivity index (χ2n) is 7.76. The highest BCUT2D eigenvalue weighted by molar-refractivity contribution is 9.10. The highest BCUT2D eigenvalue weighted by Crippen LogP contribution is 2.23. The normalized spacial score (nSPS) is 13.0. The minimum absolute atomic E-state index is 0.0790. The van der Waals surface area contributed by atoms with Crippen LogP contribution in [0.5, 0.6) is 0 Å². The Morgan fingerprint density at radius 1 is 1.06 bits per heavy atom. The van der Waals surface area contributed by atoms with Crippen LogP contribution in [0.1, 0.15) is 11.4 Å². The molecule has 0 bridgehead atoms. The van der Waals surface area contributed by atoms with E-state index in [1.165, 1.54) is 28.8 Å². The topological polar surface area (TPSA) is 131 Å². The number of hydrogen-bond acceptors (Lipinski definition) is 7. The van der Waals surface area contributed by atoms with E-state index in [4.69, 9.17) is 0 Å². The zero-order valence-electron chi connectivity index (χ0n) is 17.9. The molecule has 0 spiro atoms. The molecule has 0 saturated carbocycles. The lowest BCUT2D eigenvalue weighted by Gasteiger charge is -2.27. The molecule has 3 N–H and O–H groups in total. The number of nitrogens with zero attached hydrogens (tertiary/aromatic N) is 3. The first-order valence-electron chi connectivity index (χ1n) is 10.4. The number of fused-ring (bicyclic) bond motifs is 1. The van der Waals surface area contributed by atoms with E-state index in [0.29, 0.717) is 28.0 Å².